The molecule has 0 amide bonds. The number of thiophene rings is 1. The van der Waals surface area contributed by atoms with Crippen molar-refractivity contribution in [1.82, 2.24) is 0 Å². The van der Waals surface area contributed by atoms with Crippen LogP contribution in [0.2, 0.25) is 0 Å². The fourth-order valence-corrected chi connectivity index (χ4v) is 5.73. The third-order valence-electron chi connectivity index (χ3n) is 4.68. The van der Waals surface area contributed by atoms with Gasteiger partial charge in [-0.3, -0.25) is 4.57 Å². The van der Waals surface area contributed by atoms with E-state index < -0.39 is 54.1 Å². The third kappa shape index (κ3) is 4.82. The fourth-order valence-electron chi connectivity index (χ4n) is 3.04. The summed E-state index contributed by atoms with van der Waals surface area (Å²) in [7, 11) is -3.47. The van der Waals surface area contributed by atoms with Gasteiger partial charge in [-0.05, 0) is 49.9 Å². The summed E-state index contributed by atoms with van der Waals surface area (Å²) < 4.78 is 96.3. The van der Waals surface area contributed by atoms with Gasteiger partial charge in [0.05, 0.1) is 18.9 Å². The van der Waals surface area contributed by atoms with Crippen molar-refractivity contribution in [3.8, 4) is 5.75 Å². The van der Waals surface area contributed by atoms with Gasteiger partial charge in [0.25, 0.3) is 0 Å². The van der Waals surface area contributed by atoms with Crippen molar-refractivity contribution in [2.45, 2.75) is 26.4 Å². The van der Waals surface area contributed by atoms with E-state index in [2.05, 4.69) is 4.74 Å². The van der Waals surface area contributed by atoms with Crippen LogP contribution in [-0.4, -0.2) is 19.2 Å². The van der Waals surface area contributed by atoms with E-state index in [9.17, 15) is 31.3 Å². The van der Waals surface area contributed by atoms with Crippen molar-refractivity contribution in [2.75, 3.05) is 13.2 Å². The fraction of sp³-hybridized carbons (Fsp3) is 0.286. The molecule has 1 unspecified atom stereocenters. The predicted molar refractivity (Wildman–Crippen MR) is 112 cm³/mol. The second kappa shape index (κ2) is 9.89. The number of rotatable bonds is 8. The molecule has 2 aromatic carbocycles. The molecule has 5 nitrogen and oxygen atoms in total. The molecule has 0 saturated heterocycles. The van der Waals surface area contributed by atoms with Crippen molar-refractivity contribution >= 4 is 35.0 Å². The molecule has 0 aliphatic heterocycles. The highest BCUT2D eigenvalue weighted by Crippen LogP contribution is 2.60. The molecule has 3 aromatic rings. The van der Waals surface area contributed by atoms with Crippen LogP contribution in [0.4, 0.5) is 22.0 Å². The zero-order valence-corrected chi connectivity index (χ0v) is 19.3. The van der Waals surface area contributed by atoms with Gasteiger partial charge in [0, 0.05) is 4.70 Å². The average molecular weight is 508 g/mol. The first-order valence-corrected chi connectivity index (χ1v) is 12.1. The van der Waals surface area contributed by atoms with Crippen LogP contribution < -0.4 is 4.74 Å². The zero-order chi connectivity index (χ0) is 24.5. The van der Waals surface area contributed by atoms with Crippen LogP contribution in [-0.2, 0) is 13.6 Å². The molecule has 178 valence electrons. The molecule has 0 N–H and O–H groups in total. The highest BCUT2D eigenvalue weighted by molar-refractivity contribution is 7.54. The van der Waals surface area contributed by atoms with Crippen LogP contribution in [0.5, 0.6) is 5.75 Å². The van der Waals surface area contributed by atoms with E-state index in [1.165, 1.54) is 6.07 Å². The van der Waals surface area contributed by atoms with Crippen molar-refractivity contribution in [2.24, 2.45) is 0 Å². The Hall–Kier alpha value is -2.33. The zero-order valence-electron chi connectivity index (χ0n) is 17.6. The van der Waals surface area contributed by atoms with Crippen molar-refractivity contribution in [1.29, 1.82) is 0 Å². The van der Waals surface area contributed by atoms with E-state index >= 15 is 0 Å². The van der Waals surface area contributed by atoms with Crippen LogP contribution in [0.25, 0.3) is 10.1 Å². The molecule has 1 aromatic heterocycles. The molecule has 3 rings (SSSR count). The SMILES string of the molecule is CCOP(=O)(OCC)C(C)c1ccc2sc(C(=O)Oc3c(F)c(F)c(F)c(F)c3F)cc2c1. The molecule has 0 aliphatic rings. The number of benzene rings is 2. The average Bonchev–Trinajstić information content (AvgIpc) is 3.22. The molecule has 0 spiro atoms. The van der Waals surface area contributed by atoms with E-state index in [-0.39, 0.29) is 18.1 Å². The Bertz CT molecular complexity index is 1220. The first-order chi connectivity index (χ1) is 15.5. The van der Waals surface area contributed by atoms with Crippen LogP contribution in [0.3, 0.4) is 0 Å². The molecule has 1 heterocycles. The van der Waals surface area contributed by atoms with Gasteiger partial charge >= 0.3 is 13.6 Å². The van der Waals surface area contributed by atoms with E-state index in [1.54, 1.807) is 39.0 Å². The van der Waals surface area contributed by atoms with E-state index in [4.69, 9.17) is 9.05 Å². The number of fused-ring (bicyclic) bond motifs is 1. The minimum atomic E-state index is -3.47. The second-order valence-electron chi connectivity index (χ2n) is 6.75. The Balaban J connectivity index is 1.93. The van der Waals surface area contributed by atoms with Gasteiger partial charge in [0.15, 0.2) is 0 Å². The summed E-state index contributed by atoms with van der Waals surface area (Å²) in [6.45, 7) is 5.38. The summed E-state index contributed by atoms with van der Waals surface area (Å²) in [4.78, 5) is 12.2. The van der Waals surface area contributed by atoms with Gasteiger partial charge in [-0.25, -0.2) is 18.0 Å². The normalized spacial score (nSPS) is 12.8. The lowest BCUT2D eigenvalue weighted by molar-refractivity contribution is 0.0721. The molecule has 33 heavy (non-hydrogen) atoms. The van der Waals surface area contributed by atoms with Gasteiger partial charge in [0.2, 0.25) is 34.8 Å². The highest BCUT2D eigenvalue weighted by atomic mass is 32.1. The van der Waals surface area contributed by atoms with Crippen molar-refractivity contribution in [3.05, 3.63) is 63.8 Å². The minimum absolute atomic E-state index is 0.142. The molecular formula is C21H18F5O5PS. The van der Waals surface area contributed by atoms with Crippen LogP contribution in [0.15, 0.2) is 24.3 Å². The van der Waals surface area contributed by atoms with Gasteiger partial charge < -0.3 is 13.8 Å². The molecule has 0 radical (unpaired) electrons. The Kier molecular flexibility index (Phi) is 7.58. The Labute approximate surface area is 189 Å². The molecule has 0 aliphatic carbocycles. The van der Waals surface area contributed by atoms with Gasteiger partial charge in [-0.15, -0.1) is 11.3 Å². The molecule has 1 atom stereocenters. The third-order valence-corrected chi connectivity index (χ3v) is 8.26. The lowest BCUT2D eigenvalue weighted by atomic mass is 10.1. The summed E-state index contributed by atoms with van der Waals surface area (Å²) in [5, 5.41) is 0.508. The topological polar surface area (TPSA) is 61.8 Å². The first kappa shape index (κ1) is 25.3. The molecule has 12 heteroatoms. The highest BCUT2D eigenvalue weighted by Gasteiger charge is 2.33. The number of esters is 1. The van der Waals surface area contributed by atoms with E-state index in [1.807, 2.05) is 0 Å². The summed E-state index contributed by atoms with van der Waals surface area (Å²) >= 11 is 0.884. The lowest BCUT2D eigenvalue weighted by Crippen LogP contribution is -2.12. The van der Waals surface area contributed by atoms with E-state index in [0.29, 0.717) is 15.6 Å². The Morgan fingerprint density at radius 2 is 1.48 bits per heavy atom. The summed E-state index contributed by atoms with van der Waals surface area (Å²) in [5.74, 6) is -14.3. The Morgan fingerprint density at radius 3 is 2.03 bits per heavy atom. The molecule has 0 bridgehead atoms. The largest absolute Gasteiger partial charge is 0.416 e. The number of hydrogen-bond donors (Lipinski definition) is 0. The number of halogens is 5. The predicted octanol–water partition coefficient (Wildman–Crippen LogP) is 7.14. The minimum Gasteiger partial charge on any atom is -0.416 e. The van der Waals surface area contributed by atoms with E-state index in [0.717, 1.165) is 11.3 Å². The maximum Gasteiger partial charge on any atom is 0.353 e. The van der Waals surface area contributed by atoms with Gasteiger partial charge in [0.1, 0.15) is 4.88 Å². The Morgan fingerprint density at radius 1 is 0.939 bits per heavy atom. The van der Waals surface area contributed by atoms with Gasteiger partial charge in [-0.2, -0.15) is 8.78 Å². The molecular weight excluding hydrogens is 490 g/mol. The monoisotopic (exact) mass is 508 g/mol. The number of ether oxygens (including phenoxy) is 1. The first-order valence-electron chi connectivity index (χ1n) is 9.69. The summed E-state index contributed by atoms with van der Waals surface area (Å²) in [6.07, 6.45) is 0. The van der Waals surface area contributed by atoms with Gasteiger partial charge in [-0.1, -0.05) is 6.07 Å². The summed E-state index contributed by atoms with van der Waals surface area (Å²) in [6, 6.07) is 6.25. The van der Waals surface area contributed by atoms with Crippen LogP contribution in [0, 0.1) is 29.1 Å². The number of carbonyl (C=O) groups is 1. The van der Waals surface area contributed by atoms with Crippen molar-refractivity contribution < 1.29 is 45.1 Å². The standard InChI is InChI=1S/C21H18F5O5PS/c1-4-29-32(28,30-5-2)10(3)11-6-7-13-12(8-11)9-14(33-13)21(27)31-20-18(25)16(23)15(22)17(24)19(20)26/h6-10H,4-5H2,1-3H3. The second-order valence-corrected chi connectivity index (χ2v) is 10.2. The molecule has 0 fully saturated rings. The quantitative estimate of drug-likeness (QED) is 0.0808. The van der Waals surface area contributed by atoms with Crippen molar-refractivity contribution in [3.63, 3.8) is 0 Å². The lowest BCUT2D eigenvalue weighted by Gasteiger charge is -2.23. The maximum absolute atomic E-state index is 13.8. The number of carbonyl (C=O) groups excluding carboxylic acids is 1. The molecule has 0 saturated carbocycles. The summed E-state index contributed by atoms with van der Waals surface area (Å²) in [5.41, 5.74) is -0.0457. The van der Waals surface area contributed by atoms with Crippen LogP contribution in [0.1, 0.15) is 41.7 Å². The smallest absolute Gasteiger partial charge is 0.353 e. The maximum atomic E-state index is 13.8. The van der Waals surface area contributed by atoms with Crippen LogP contribution >= 0.6 is 18.9 Å². The number of hydrogen-bond acceptors (Lipinski definition) is 6.